The average molecular weight is 526 g/mol. The molecule has 0 unspecified atom stereocenters. The number of halogens is 4. The Morgan fingerprint density at radius 1 is 1.11 bits per heavy atom. The second-order valence-corrected chi connectivity index (χ2v) is 9.61. The lowest BCUT2D eigenvalue weighted by Crippen LogP contribution is -2.30. The predicted molar refractivity (Wildman–Crippen MR) is 130 cm³/mol. The first-order chi connectivity index (χ1) is 18.2. The number of nitrogens with two attached hydrogens (primary N) is 1. The van der Waals surface area contributed by atoms with Crippen LogP contribution >= 0.6 is 0 Å². The highest BCUT2D eigenvalue weighted by Crippen LogP contribution is 2.50. The molecule has 6 rings (SSSR count). The average Bonchev–Trinajstić information content (AvgIpc) is 3.49. The zero-order valence-electron chi connectivity index (χ0n) is 19.9. The Morgan fingerprint density at radius 3 is 2.58 bits per heavy atom. The third kappa shape index (κ3) is 4.52. The zero-order chi connectivity index (χ0) is 26.6. The molecule has 1 aliphatic heterocycles. The second kappa shape index (κ2) is 9.00. The van der Waals surface area contributed by atoms with Crippen LogP contribution in [0.2, 0.25) is 0 Å². The number of pyridine rings is 1. The fourth-order valence-corrected chi connectivity index (χ4v) is 4.90. The number of hydrogen-bond acceptors (Lipinski definition) is 6. The SMILES string of the molecule is Nc1nc2ccc(C(=O)NC[C@H](c3cc4c(c(-c5ccc(F)cc5)n3)OC[C@H]4C(F)(F)F)C3CC3)cc2o1. The Morgan fingerprint density at radius 2 is 1.87 bits per heavy atom. The first-order valence-electron chi connectivity index (χ1n) is 12.1. The monoisotopic (exact) mass is 526 g/mol. The van der Waals surface area contributed by atoms with Gasteiger partial charge in [-0.15, -0.1) is 0 Å². The Balaban J connectivity index is 1.33. The van der Waals surface area contributed by atoms with Crippen molar-refractivity contribution in [2.45, 2.75) is 30.9 Å². The summed E-state index contributed by atoms with van der Waals surface area (Å²) in [6, 6.07) is 11.6. The molecule has 1 amide bonds. The minimum atomic E-state index is -4.50. The number of ether oxygens (including phenoxy) is 1. The zero-order valence-corrected chi connectivity index (χ0v) is 19.9. The molecular weight excluding hydrogens is 504 g/mol. The smallest absolute Gasteiger partial charge is 0.399 e. The summed E-state index contributed by atoms with van der Waals surface area (Å²) in [7, 11) is 0. The number of hydrogen-bond donors (Lipinski definition) is 2. The van der Waals surface area contributed by atoms with Crippen LogP contribution in [0.5, 0.6) is 5.75 Å². The molecule has 1 fully saturated rings. The van der Waals surface area contributed by atoms with Crippen molar-refractivity contribution in [3.8, 4) is 17.0 Å². The van der Waals surface area contributed by atoms with Crippen LogP contribution in [0.15, 0.2) is 52.9 Å². The lowest BCUT2D eigenvalue weighted by atomic mass is 9.92. The van der Waals surface area contributed by atoms with Gasteiger partial charge < -0.3 is 20.2 Å². The van der Waals surface area contributed by atoms with Gasteiger partial charge in [-0.1, -0.05) is 0 Å². The van der Waals surface area contributed by atoms with E-state index in [0.717, 1.165) is 12.8 Å². The number of nitrogens with one attached hydrogen (secondary N) is 1. The number of nitrogens with zero attached hydrogens (tertiary/aromatic N) is 2. The number of rotatable bonds is 6. The molecule has 1 aliphatic carbocycles. The van der Waals surface area contributed by atoms with Crippen molar-refractivity contribution < 1.29 is 31.5 Å². The lowest BCUT2D eigenvalue weighted by Gasteiger charge is -2.20. The van der Waals surface area contributed by atoms with Crippen LogP contribution in [0.1, 0.15) is 46.3 Å². The van der Waals surface area contributed by atoms with Crippen molar-refractivity contribution in [3.05, 3.63) is 71.2 Å². The second-order valence-electron chi connectivity index (χ2n) is 9.61. The first-order valence-corrected chi connectivity index (χ1v) is 12.1. The molecule has 7 nitrogen and oxygen atoms in total. The molecule has 2 aliphatic rings. The van der Waals surface area contributed by atoms with Gasteiger partial charge >= 0.3 is 6.18 Å². The van der Waals surface area contributed by atoms with Gasteiger partial charge in [0.25, 0.3) is 11.9 Å². The number of nitrogen functional groups attached to an aromatic ring is 1. The van der Waals surface area contributed by atoms with Gasteiger partial charge in [-0.25, -0.2) is 9.37 Å². The summed E-state index contributed by atoms with van der Waals surface area (Å²) in [5, 5.41) is 2.89. The topological polar surface area (TPSA) is 103 Å². The van der Waals surface area contributed by atoms with E-state index in [0.29, 0.717) is 27.9 Å². The third-order valence-electron chi connectivity index (χ3n) is 7.02. The molecule has 0 bridgehead atoms. The Labute approximate surface area is 214 Å². The summed E-state index contributed by atoms with van der Waals surface area (Å²) in [4.78, 5) is 21.7. The van der Waals surface area contributed by atoms with Crippen molar-refractivity contribution in [2.24, 2.45) is 5.92 Å². The summed E-state index contributed by atoms with van der Waals surface area (Å²) in [6.45, 7) is -0.371. The minimum absolute atomic E-state index is 0.00663. The van der Waals surface area contributed by atoms with E-state index in [9.17, 15) is 22.4 Å². The van der Waals surface area contributed by atoms with Gasteiger partial charge in [-0.3, -0.25) is 4.79 Å². The van der Waals surface area contributed by atoms with Crippen LogP contribution in [-0.4, -0.2) is 35.2 Å². The standard InChI is InChI=1S/C27H22F4N4O3/c28-16-6-3-14(4-7-16)23-24-17(19(12-37-24)27(29,30)31)10-21(34-23)18(13-1-2-13)11-33-25(36)15-5-8-20-22(9-15)38-26(32)35-20/h3-10,13,18-19H,1-2,11-12H2,(H2,32,35)(H,33,36)/t18-,19+/m0/s1. The molecule has 2 atom stereocenters. The number of amides is 1. The van der Waals surface area contributed by atoms with Crippen LogP contribution in [-0.2, 0) is 0 Å². The molecule has 1 saturated carbocycles. The third-order valence-corrected chi connectivity index (χ3v) is 7.02. The Kier molecular flexibility index (Phi) is 5.73. The predicted octanol–water partition coefficient (Wildman–Crippen LogP) is 5.57. The molecule has 0 spiro atoms. The van der Waals surface area contributed by atoms with Crippen molar-refractivity contribution in [1.29, 1.82) is 0 Å². The highest BCUT2D eigenvalue weighted by molar-refractivity contribution is 5.97. The lowest BCUT2D eigenvalue weighted by molar-refractivity contribution is -0.151. The number of anilines is 1. The molecule has 38 heavy (non-hydrogen) atoms. The Hall–Kier alpha value is -4.15. The van der Waals surface area contributed by atoms with E-state index in [2.05, 4.69) is 10.3 Å². The van der Waals surface area contributed by atoms with Crippen LogP contribution < -0.4 is 15.8 Å². The van der Waals surface area contributed by atoms with Crippen molar-refractivity contribution in [1.82, 2.24) is 15.3 Å². The van der Waals surface area contributed by atoms with Gasteiger partial charge in [0.05, 0.1) is 0 Å². The van der Waals surface area contributed by atoms with E-state index in [-0.39, 0.29) is 47.3 Å². The molecule has 3 heterocycles. The van der Waals surface area contributed by atoms with Gasteiger partial charge in [0.2, 0.25) is 0 Å². The molecule has 11 heteroatoms. The molecule has 2 aromatic heterocycles. The summed E-state index contributed by atoms with van der Waals surface area (Å²) < 4.78 is 65.9. The highest BCUT2D eigenvalue weighted by atomic mass is 19.4. The number of carbonyl (C=O) groups is 1. The molecule has 4 aromatic rings. The Bertz CT molecular complexity index is 1530. The number of carbonyl (C=O) groups excluding carboxylic acids is 1. The molecule has 196 valence electrons. The number of oxazole rings is 1. The molecule has 0 radical (unpaired) electrons. The van der Waals surface area contributed by atoms with Crippen molar-refractivity contribution in [3.63, 3.8) is 0 Å². The largest absolute Gasteiger partial charge is 0.490 e. The van der Waals surface area contributed by atoms with Crippen molar-refractivity contribution in [2.75, 3.05) is 18.9 Å². The van der Waals surface area contributed by atoms with E-state index in [1.54, 1.807) is 12.1 Å². The van der Waals surface area contributed by atoms with Gasteiger partial charge in [0.15, 0.2) is 5.58 Å². The summed E-state index contributed by atoms with van der Waals surface area (Å²) in [6.07, 6.45) is -2.77. The maximum absolute atomic E-state index is 13.9. The fourth-order valence-electron chi connectivity index (χ4n) is 4.90. The van der Waals surface area contributed by atoms with Crippen LogP contribution in [0.4, 0.5) is 23.6 Å². The molecule has 2 aromatic carbocycles. The molecule has 3 N–H and O–H groups in total. The fraction of sp³-hybridized carbons (Fsp3) is 0.296. The van der Waals surface area contributed by atoms with Crippen LogP contribution in [0.3, 0.4) is 0 Å². The minimum Gasteiger partial charge on any atom is -0.490 e. The number of aromatic nitrogens is 2. The quantitative estimate of drug-likeness (QED) is 0.318. The number of benzene rings is 2. The van der Waals surface area contributed by atoms with E-state index >= 15 is 0 Å². The molecular formula is C27H22F4N4O3. The first kappa shape index (κ1) is 24.2. The number of fused-ring (bicyclic) bond motifs is 2. The molecule has 0 saturated heterocycles. The summed E-state index contributed by atoms with van der Waals surface area (Å²) in [5.74, 6) is -2.74. The maximum atomic E-state index is 13.9. The van der Waals surface area contributed by atoms with Crippen LogP contribution in [0, 0.1) is 11.7 Å². The van der Waals surface area contributed by atoms with Gasteiger partial charge in [-0.2, -0.15) is 18.2 Å². The van der Waals surface area contributed by atoms with E-state index < -0.39 is 24.5 Å². The summed E-state index contributed by atoms with van der Waals surface area (Å²) >= 11 is 0. The van der Waals surface area contributed by atoms with Gasteiger partial charge in [-0.05, 0) is 67.3 Å². The van der Waals surface area contributed by atoms with Gasteiger partial charge in [0.1, 0.15) is 35.3 Å². The summed E-state index contributed by atoms with van der Waals surface area (Å²) in [5.41, 5.74) is 7.92. The highest BCUT2D eigenvalue weighted by Gasteiger charge is 2.47. The van der Waals surface area contributed by atoms with Crippen molar-refractivity contribution >= 4 is 23.0 Å². The van der Waals surface area contributed by atoms with Gasteiger partial charge in [0, 0.05) is 34.8 Å². The van der Waals surface area contributed by atoms with Crippen LogP contribution in [0.25, 0.3) is 22.4 Å². The van der Waals surface area contributed by atoms with E-state index in [1.165, 1.54) is 36.4 Å². The normalized spacial score (nSPS) is 17.7. The maximum Gasteiger partial charge on any atom is 0.399 e. The van der Waals surface area contributed by atoms with E-state index in [1.807, 2.05) is 0 Å². The van der Waals surface area contributed by atoms with E-state index in [4.69, 9.17) is 19.9 Å². The number of alkyl halides is 3.